The molecule has 208 valence electrons. The van der Waals surface area contributed by atoms with E-state index in [1.807, 2.05) is 0 Å². The van der Waals surface area contributed by atoms with Crippen LogP contribution < -0.4 is 44.6 Å². The lowest BCUT2D eigenvalue weighted by atomic mass is 10.1. The maximum absolute atomic E-state index is 12.8. The fourth-order valence-corrected chi connectivity index (χ4v) is 2.84. The van der Waals surface area contributed by atoms with Crippen LogP contribution in [0.4, 0.5) is 0 Å². The van der Waals surface area contributed by atoms with Crippen LogP contribution in [0.3, 0.4) is 0 Å². The van der Waals surface area contributed by atoms with E-state index in [0.717, 1.165) is 0 Å². The number of nitrogens with zero attached hydrogens (tertiary/aromatic N) is 1. The highest BCUT2D eigenvalue weighted by Gasteiger charge is 2.31. The topological polar surface area (TPSA) is 338 Å². The molecule has 37 heavy (non-hydrogen) atoms. The van der Waals surface area contributed by atoms with Gasteiger partial charge in [0.25, 0.3) is 0 Å². The molecule has 0 aliphatic carbocycles. The van der Waals surface area contributed by atoms with Crippen LogP contribution in [-0.2, 0) is 33.6 Å². The number of rotatable bonds is 18. The first-order valence-electron chi connectivity index (χ1n) is 10.9. The van der Waals surface area contributed by atoms with Crippen LogP contribution in [0.25, 0.3) is 0 Å². The fraction of sp³-hybridized carbons (Fsp3) is 0.579. The maximum Gasteiger partial charge on any atom is 0.326 e. The molecule has 15 N–H and O–H groups in total. The molecule has 0 radical (unpaired) electrons. The second kappa shape index (κ2) is 16.2. The Morgan fingerprint density at radius 2 is 1.22 bits per heavy atom. The van der Waals surface area contributed by atoms with Gasteiger partial charge in [-0.25, -0.2) is 4.79 Å². The van der Waals surface area contributed by atoms with E-state index < -0.39 is 91.3 Å². The largest absolute Gasteiger partial charge is 0.481 e. The van der Waals surface area contributed by atoms with Gasteiger partial charge < -0.3 is 54.8 Å². The summed E-state index contributed by atoms with van der Waals surface area (Å²) in [4.78, 5) is 86.2. The fourth-order valence-electron chi connectivity index (χ4n) is 2.84. The van der Waals surface area contributed by atoms with Crippen LogP contribution in [0.2, 0.25) is 0 Å². The molecule has 0 bridgehead atoms. The first-order valence-corrected chi connectivity index (χ1v) is 10.9. The third-order valence-corrected chi connectivity index (χ3v) is 4.64. The third-order valence-electron chi connectivity index (χ3n) is 4.64. The molecular formula is C19H33N9O9. The van der Waals surface area contributed by atoms with Gasteiger partial charge in [0.15, 0.2) is 5.96 Å². The predicted octanol–water partition coefficient (Wildman–Crippen LogP) is -5.48. The van der Waals surface area contributed by atoms with Crippen molar-refractivity contribution in [2.24, 2.45) is 33.7 Å². The van der Waals surface area contributed by atoms with Gasteiger partial charge in [0, 0.05) is 13.0 Å². The second-order valence-electron chi connectivity index (χ2n) is 7.85. The maximum atomic E-state index is 12.8. The molecule has 0 aromatic rings. The van der Waals surface area contributed by atoms with Gasteiger partial charge in [-0.2, -0.15) is 0 Å². The lowest BCUT2D eigenvalue weighted by Crippen LogP contribution is -2.58. The summed E-state index contributed by atoms with van der Waals surface area (Å²) < 4.78 is 0. The molecule has 18 heteroatoms. The van der Waals surface area contributed by atoms with Crippen molar-refractivity contribution in [2.45, 2.75) is 62.7 Å². The molecule has 0 heterocycles. The Hall–Kier alpha value is -4.48. The summed E-state index contributed by atoms with van der Waals surface area (Å²) in [6.45, 7) is 0.0345. The molecule has 0 aliphatic rings. The highest BCUT2D eigenvalue weighted by molar-refractivity contribution is 5.96. The summed E-state index contributed by atoms with van der Waals surface area (Å²) in [7, 11) is 0. The summed E-state index contributed by atoms with van der Waals surface area (Å²) in [5.74, 6) is -7.99. The predicted molar refractivity (Wildman–Crippen MR) is 126 cm³/mol. The molecule has 0 saturated carbocycles. The average Bonchev–Trinajstić information content (AvgIpc) is 2.76. The van der Waals surface area contributed by atoms with E-state index in [0.29, 0.717) is 0 Å². The van der Waals surface area contributed by atoms with Crippen molar-refractivity contribution < 1.29 is 43.8 Å². The van der Waals surface area contributed by atoms with Gasteiger partial charge in [-0.15, -0.1) is 0 Å². The third kappa shape index (κ3) is 14.5. The van der Waals surface area contributed by atoms with Crippen molar-refractivity contribution in [1.29, 1.82) is 0 Å². The second-order valence-corrected chi connectivity index (χ2v) is 7.85. The zero-order chi connectivity index (χ0) is 28.7. The van der Waals surface area contributed by atoms with Gasteiger partial charge >= 0.3 is 11.9 Å². The van der Waals surface area contributed by atoms with E-state index >= 15 is 0 Å². The SMILES string of the molecule is NC(=O)CC(N)C(=O)NC(CC(N)=O)C(=O)NC(CCCN=C(N)N)C(=O)NC(CCC(=O)O)C(=O)O. The molecule has 0 aromatic carbocycles. The van der Waals surface area contributed by atoms with Crippen molar-refractivity contribution in [2.75, 3.05) is 6.54 Å². The van der Waals surface area contributed by atoms with E-state index in [2.05, 4.69) is 20.9 Å². The summed E-state index contributed by atoms with van der Waals surface area (Å²) >= 11 is 0. The normalized spacial score (nSPS) is 13.6. The lowest BCUT2D eigenvalue weighted by molar-refractivity contribution is -0.143. The summed E-state index contributed by atoms with van der Waals surface area (Å²) in [6.07, 6.45) is -2.27. The van der Waals surface area contributed by atoms with Crippen molar-refractivity contribution in [3.05, 3.63) is 0 Å². The number of hydrogen-bond acceptors (Lipinski definition) is 9. The van der Waals surface area contributed by atoms with Crippen LogP contribution in [0.5, 0.6) is 0 Å². The number of carbonyl (C=O) groups is 7. The first-order chi connectivity index (χ1) is 17.1. The molecule has 5 amide bonds. The van der Waals surface area contributed by atoms with Crippen LogP contribution in [0.15, 0.2) is 4.99 Å². The standard InChI is InChI=1S/C19H33N9O9/c20-8(6-12(21)29)15(33)28-11(7-13(22)30)17(35)26-9(2-1-5-25-19(23)24)16(34)27-10(18(36)37)3-4-14(31)32/h8-11H,1-7,20H2,(H2,21,29)(H2,22,30)(H,26,35)(H,27,34)(H,28,33)(H,31,32)(H,36,37)(H4,23,24,25). The van der Waals surface area contributed by atoms with Crippen molar-refractivity contribution >= 4 is 47.4 Å². The van der Waals surface area contributed by atoms with E-state index in [1.54, 1.807) is 0 Å². The van der Waals surface area contributed by atoms with Crippen molar-refractivity contribution in [1.82, 2.24) is 16.0 Å². The first kappa shape index (κ1) is 32.5. The Balaban J connectivity index is 5.69. The van der Waals surface area contributed by atoms with Gasteiger partial charge in [0.05, 0.1) is 18.9 Å². The molecule has 0 spiro atoms. The Bertz CT molecular complexity index is 905. The molecule has 0 rings (SSSR count). The Morgan fingerprint density at radius 3 is 1.70 bits per heavy atom. The number of carboxylic acids is 2. The number of carbonyl (C=O) groups excluding carboxylic acids is 5. The van der Waals surface area contributed by atoms with Gasteiger partial charge in [-0.3, -0.25) is 33.8 Å². The number of nitrogens with one attached hydrogen (secondary N) is 3. The minimum atomic E-state index is -1.61. The highest BCUT2D eigenvalue weighted by Crippen LogP contribution is 2.05. The van der Waals surface area contributed by atoms with Gasteiger partial charge in [0.1, 0.15) is 18.1 Å². The van der Waals surface area contributed by atoms with Gasteiger partial charge in [0.2, 0.25) is 29.5 Å². The average molecular weight is 532 g/mol. The smallest absolute Gasteiger partial charge is 0.326 e. The molecule has 4 atom stereocenters. The number of primary amides is 2. The zero-order valence-electron chi connectivity index (χ0n) is 19.8. The Kier molecular flexibility index (Phi) is 14.3. The number of nitrogens with two attached hydrogens (primary N) is 5. The molecule has 0 aromatic heterocycles. The van der Waals surface area contributed by atoms with Crippen LogP contribution in [-0.4, -0.2) is 88.4 Å². The van der Waals surface area contributed by atoms with E-state index in [-0.39, 0.29) is 25.3 Å². The quantitative estimate of drug-likeness (QED) is 0.0449. The van der Waals surface area contributed by atoms with Crippen LogP contribution in [0.1, 0.15) is 38.5 Å². The molecule has 4 unspecified atom stereocenters. The molecule has 18 nitrogen and oxygen atoms in total. The molecule has 0 saturated heterocycles. The van der Waals surface area contributed by atoms with Crippen molar-refractivity contribution in [3.8, 4) is 0 Å². The number of guanidine groups is 1. The summed E-state index contributed by atoms with van der Waals surface area (Å²) in [5.41, 5.74) is 26.1. The summed E-state index contributed by atoms with van der Waals surface area (Å²) in [5, 5.41) is 24.6. The van der Waals surface area contributed by atoms with Crippen LogP contribution in [0, 0.1) is 0 Å². The molecule has 0 aliphatic heterocycles. The lowest BCUT2D eigenvalue weighted by Gasteiger charge is -2.24. The van der Waals surface area contributed by atoms with Crippen LogP contribution >= 0.6 is 0 Å². The summed E-state index contributed by atoms with van der Waals surface area (Å²) in [6, 6.07) is -6.06. The number of aliphatic carboxylic acids is 2. The number of hydrogen-bond donors (Lipinski definition) is 10. The van der Waals surface area contributed by atoms with E-state index in [4.69, 9.17) is 33.8 Å². The number of amides is 5. The van der Waals surface area contributed by atoms with Crippen molar-refractivity contribution in [3.63, 3.8) is 0 Å². The monoisotopic (exact) mass is 531 g/mol. The van der Waals surface area contributed by atoms with E-state index in [9.17, 15) is 38.7 Å². The molecule has 0 fully saturated rings. The minimum absolute atomic E-state index is 0.0345. The number of aliphatic imine (C=N–C) groups is 1. The minimum Gasteiger partial charge on any atom is -0.481 e. The Morgan fingerprint density at radius 1 is 0.703 bits per heavy atom. The van der Waals surface area contributed by atoms with Gasteiger partial charge in [-0.05, 0) is 19.3 Å². The van der Waals surface area contributed by atoms with E-state index in [1.165, 1.54) is 0 Å². The Labute approximate surface area is 210 Å². The highest BCUT2D eigenvalue weighted by atomic mass is 16.4. The molecular weight excluding hydrogens is 498 g/mol. The van der Waals surface area contributed by atoms with Gasteiger partial charge in [-0.1, -0.05) is 0 Å². The number of carboxylic acid groups (broad SMARTS) is 2. The zero-order valence-corrected chi connectivity index (χ0v) is 19.8.